The van der Waals surface area contributed by atoms with Crippen molar-refractivity contribution >= 4 is 22.9 Å². The van der Waals surface area contributed by atoms with Crippen molar-refractivity contribution in [3.8, 4) is 6.07 Å². The van der Waals surface area contributed by atoms with Crippen molar-refractivity contribution in [2.75, 3.05) is 10.6 Å². The fraction of sp³-hybridized carbons (Fsp3) is 0.0556. The number of tetrazole rings is 1. The number of benzene rings is 2. The molecule has 0 saturated carbocycles. The minimum Gasteiger partial charge on any atom is -0.360 e. The van der Waals surface area contributed by atoms with Crippen LogP contribution in [0.15, 0.2) is 54.7 Å². The van der Waals surface area contributed by atoms with Crippen molar-refractivity contribution in [3.05, 3.63) is 71.7 Å². The van der Waals surface area contributed by atoms with Crippen LogP contribution in [0.1, 0.15) is 21.7 Å². The van der Waals surface area contributed by atoms with Gasteiger partial charge in [0.1, 0.15) is 11.6 Å². The number of H-pyrrole nitrogens is 1. The van der Waals surface area contributed by atoms with Crippen LogP contribution >= 0.6 is 0 Å². The first-order valence-electron chi connectivity index (χ1n) is 7.75. The Kier molecular flexibility index (Phi) is 5.00. The number of nitrogens with one attached hydrogen (secondary N) is 3. The van der Waals surface area contributed by atoms with Crippen molar-refractivity contribution in [2.45, 2.75) is 6.92 Å². The number of hydrogen-bond donors (Lipinski definition) is 3. The normalized spacial score (nSPS) is 10.8. The highest BCUT2D eigenvalue weighted by Crippen LogP contribution is 2.20. The fourth-order valence-corrected chi connectivity index (χ4v) is 2.28. The van der Waals surface area contributed by atoms with Crippen LogP contribution in [0.3, 0.4) is 0 Å². The molecule has 1 heterocycles. The van der Waals surface area contributed by atoms with E-state index >= 15 is 0 Å². The molecular weight excluding hydrogens is 330 g/mol. The molecule has 3 N–H and O–H groups in total. The van der Waals surface area contributed by atoms with E-state index in [2.05, 4.69) is 31.3 Å². The zero-order valence-corrected chi connectivity index (χ0v) is 13.9. The monoisotopic (exact) mass is 345 g/mol. The smallest absolute Gasteiger partial charge is 0.257 e. The van der Waals surface area contributed by atoms with Crippen LogP contribution in [0.4, 0.5) is 11.4 Å². The highest BCUT2D eigenvalue weighted by Gasteiger charge is 2.12. The summed E-state index contributed by atoms with van der Waals surface area (Å²) >= 11 is 0. The number of aryl methyl sites for hydroxylation is 1. The van der Waals surface area contributed by atoms with Crippen molar-refractivity contribution in [1.82, 2.24) is 20.6 Å². The third kappa shape index (κ3) is 3.73. The molecule has 0 aliphatic rings. The number of amides is 1. The summed E-state index contributed by atoms with van der Waals surface area (Å²) in [6, 6.07) is 16.5. The van der Waals surface area contributed by atoms with Crippen LogP contribution in [-0.2, 0) is 0 Å². The maximum absolute atomic E-state index is 12.7. The first-order chi connectivity index (χ1) is 12.7. The van der Waals surface area contributed by atoms with Crippen LogP contribution in [0.2, 0.25) is 0 Å². The minimum atomic E-state index is -0.256. The second kappa shape index (κ2) is 7.72. The molecule has 3 rings (SSSR count). The number of hydrogen-bond acceptors (Lipinski definition) is 6. The van der Waals surface area contributed by atoms with Gasteiger partial charge in [-0.2, -0.15) is 10.5 Å². The number of para-hydroxylation sites is 2. The van der Waals surface area contributed by atoms with Crippen molar-refractivity contribution in [3.63, 3.8) is 0 Å². The van der Waals surface area contributed by atoms with E-state index in [1.165, 1.54) is 6.20 Å². The summed E-state index contributed by atoms with van der Waals surface area (Å²) in [4.78, 5) is 12.7. The Morgan fingerprint density at radius 1 is 1.15 bits per heavy atom. The number of rotatable bonds is 5. The number of anilines is 2. The molecule has 0 atom stereocenters. The summed E-state index contributed by atoms with van der Waals surface area (Å²) < 4.78 is 0. The lowest BCUT2D eigenvalue weighted by Gasteiger charge is -2.11. The first-order valence-corrected chi connectivity index (χ1v) is 7.75. The summed E-state index contributed by atoms with van der Waals surface area (Å²) in [5, 5.41) is 28.3. The number of nitriles is 1. The lowest BCUT2D eigenvalue weighted by atomic mass is 10.1. The van der Waals surface area contributed by atoms with Gasteiger partial charge in [0.2, 0.25) is 5.82 Å². The van der Waals surface area contributed by atoms with Crippen LogP contribution < -0.4 is 10.6 Å². The van der Waals surface area contributed by atoms with E-state index in [9.17, 15) is 10.1 Å². The second-order valence-electron chi connectivity index (χ2n) is 5.36. The average Bonchev–Trinajstić information content (AvgIpc) is 3.19. The highest BCUT2D eigenvalue weighted by atomic mass is 16.1. The van der Waals surface area contributed by atoms with Gasteiger partial charge in [0.25, 0.3) is 5.91 Å². The van der Waals surface area contributed by atoms with Gasteiger partial charge in [0.15, 0.2) is 0 Å². The van der Waals surface area contributed by atoms with E-state index in [1.54, 1.807) is 24.3 Å². The molecule has 0 aliphatic carbocycles. The van der Waals surface area contributed by atoms with Crippen LogP contribution in [-0.4, -0.2) is 26.5 Å². The molecule has 1 amide bonds. The lowest BCUT2D eigenvalue weighted by Crippen LogP contribution is -2.14. The summed E-state index contributed by atoms with van der Waals surface area (Å²) in [7, 11) is 0. The zero-order chi connectivity index (χ0) is 18.4. The molecule has 0 bridgehead atoms. The largest absolute Gasteiger partial charge is 0.360 e. The predicted molar refractivity (Wildman–Crippen MR) is 97.0 cm³/mol. The SMILES string of the molecule is Cc1ccccc1NC(=O)c1ccccc1NC=C(C#N)c1nn[nH]n1. The molecule has 26 heavy (non-hydrogen) atoms. The van der Waals surface area contributed by atoms with Gasteiger partial charge in [0.05, 0.1) is 11.3 Å². The maximum atomic E-state index is 12.7. The average molecular weight is 345 g/mol. The van der Waals surface area contributed by atoms with E-state index in [0.717, 1.165) is 11.3 Å². The second-order valence-corrected chi connectivity index (χ2v) is 5.36. The van der Waals surface area contributed by atoms with Gasteiger partial charge in [0, 0.05) is 11.9 Å². The van der Waals surface area contributed by atoms with E-state index in [0.29, 0.717) is 11.3 Å². The Bertz CT molecular complexity index is 987. The molecule has 0 aliphatic heterocycles. The number of allylic oxidation sites excluding steroid dienone is 1. The summed E-state index contributed by atoms with van der Waals surface area (Å²) in [5.74, 6) is -0.0873. The Hall–Kier alpha value is -3.99. The molecule has 0 saturated heterocycles. The minimum absolute atomic E-state index is 0.168. The summed E-state index contributed by atoms with van der Waals surface area (Å²) in [6.45, 7) is 1.92. The molecule has 1 aromatic heterocycles. The number of carbonyl (C=O) groups is 1. The number of nitrogens with zero attached hydrogens (tertiary/aromatic N) is 4. The molecule has 3 aromatic rings. The Labute approximate surface area is 149 Å². The van der Waals surface area contributed by atoms with E-state index in [1.807, 2.05) is 37.3 Å². The van der Waals surface area contributed by atoms with Crippen LogP contribution in [0, 0.1) is 18.3 Å². The van der Waals surface area contributed by atoms with E-state index in [4.69, 9.17) is 0 Å². The Morgan fingerprint density at radius 3 is 2.58 bits per heavy atom. The maximum Gasteiger partial charge on any atom is 0.257 e. The molecule has 0 spiro atoms. The van der Waals surface area contributed by atoms with Gasteiger partial charge in [-0.25, -0.2) is 0 Å². The van der Waals surface area contributed by atoms with E-state index in [-0.39, 0.29) is 17.3 Å². The van der Waals surface area contributed by atoms with Gasteiger partial charge in [-0.05, 0) is 35.9 Å². The molecule has 0 fully saturated rings. The van der Waals surface area contributed by atoms with E-state index < -0.39 is 0 Å². The van der Waals surface area contributed by atoms with Gasteiger partial charge >= 0.3 is 0 Å². The lowest BCUT2D eigenvalue weighted by molar-refractivity contribution is 0.102. The van der Waals surface area contributed by atoms with Crippen LogP contribution in [0.5, 0.6) is 0 Å². The third-order valence-corrected chi connectivity index (χ3v) is 3.64. The zero-order valence-electron chi connectivity index (χ0n) is 13.9. The Morgan fingerprint density at radius 2 is 1.88 bits per heavy atom. The molecule has 8 heteroatoms. The molecule has 2 aromatic carbocycles. The van der Waals surface area contributed by atoms with Crippen molar-refractivity contribution in [1.29, 1.82) is 5.26 Å². The van der Waals surface area contributed by atoms with Crippen molar-refractivity contribution < 1.29 is 4.79 Å². The molecule has 0 radical (unpaired) electrons. The molecule has 0 unspecified atom stereocenters. The fourth-order valence-electron chi connectivity index (χ4n) is 2.28. The highest BCUT2D eigenvalue weighted by molar-refractivity contribution is 6.08. The van der Waals surface area contributed by atoms with Gasteiger partial charge in [-0.15, -0.1) is 10.2 Å². The van der Waals surface area contributed by atoms with Crippen LogP contribution in [0.25, 0.3) is 5.57 Å². The van der Waals surface area contributed by atoms with Gasteiger partial charge < -0.3 is 10.6 Å². The van der Waals surface area contributed by atoms with Gasteiger partial charge in [-0.1, -0.05) is 30.3 Å². The Balaban J connectivity index is 1.83. The molecule has 128 valence electrons. The molecule has 8 nitrogen and oxygen atoms in total. The topological polar surface area (TPSA) is 119 Å². The third-order valence-electron chi connectivity index (χ3n) is 3.64. The first kappa shape index (κ1) is 16.9. The summed E-state index contributed by atoms with van der Waals surface area (Å²) in [5.41, 5.74) is 2.89. The summed E-state index contributed by atoms with van der Waals surface area (Å²) in [6.07, 6.45) is 1.44. The standard InChI is InChI=1S/C18H15N7O/c1-12-6-2-4-8-15(12)21-18(26)14-7-3-5-9-16(14)20-11-13(10-19)17-22-24-25-23-17/h2-9,11,20H,1H3,(H,21,26)(H,22,23,24,25). The molecular formula is C18H15N7O. The van der Waals surface area contributed by atoms with Crippen molar-refractivity contribution in [2.24, 2.45) is 0 Å². The number of aromatic nitrogens is 4. The predicted octanol–water partition coefficient (Wildman–Crippen LogP) is 2.74. The van der Waals surface area contributed by atoms with Gasteiger partial charge in [-0.3, -0.25) is 4.79 Å². The quantitative estimate of drug-likeness (QED) is 0.612. The number of carbonyl (C=O) groups excluding carboxylic acids is 1. The number of aromatic amines is 1.